The van der Waals surface area contributed by atoms with Gasteiger partial charge >= 0.3 is 6.18 Å². The van der Waals surface area contributed by atoms with Crippen LogP contribution in [0.4, 0.5) is 24.5 Å². The smallest absolute Gasteiger partial charge is 0.258 e. The molecule has 92 valence electrons. The minimum atomic E-state index is -4.75. The van der Waals surface area contributed by atoms with Gasteiger partial charge in [-0.15, -0.1) is 0 Å². The Morgan fingerprint density at radius 1 is 1.06 bits per heavy atom. The van der Waals surface area contributed by atoms with E-state index in [1.165, 1.54) is 0 Å². The zero-order valence-electron chi connectivity index (χ0n) is 8.10. The number of rotatable bonds is 3. The molecule has 0 amide bonds. The van der Waals surface area contributed by atoms with Gasteiger partial charge in [0, 0.05) is 12.1 Å². The van der Waals surface area contributed by atoms with Gasteiger partial charge < -0.3 is 0 Å². The van der Waals surface area contributed by atoms with E-state index >= 15 is 0 Å². The second-order valence-electron chi connectivity index (χ2n) is 3.08. The standard InChI is InChI=1S/C8H5F3N2O4/c9-8(10,11)4-5-6(12(14)15)2-1-3-7(5)13(16)17/h1-3H,4H2. The molecule has 1 aromatic carbocycles. The first-order chi connectivity index (χ1) is 7.72. The molecule has 0 aliphatic rings. The zero-order valence-corrected chi connectivity index (χ0v) is 8.10. The predicted molar refractivity (Wildman–Crippen MR) is 49.5 cm³/mol. The van der Waals surface area contributed by atoms with Crippen molar-refractivity contribution in [1.29, 1.82) is 0 Å². The molecule has 0 N–H and O–H groups in total. The maximum absolute atomic E-state index is 12.2. The number of benzene rings is 1. The lowest BCUT2D eigenvalue weighted by molar-refractivity contribution is -0.396. The van der Waals surface area contributed by atoms with E-state index in [-0.39, 0.29) is 0 Å². The molecule has 0 aromatic heterocycles. The first kappa shape index (κ1) is 12.9. The van der Waals surface area contributed by atoms with Crippen LogP contribution in [0.5, 0.6) is 0 Å². The van der Waals surface area contributed by atoms with Gasteiger partial charge in [-0.2, -0.15) is 13.2 Å². The third kappa shape index (κ3) is 3.13. The molecule has 0 unspecified atom stereocenters. The highest BCUT2D eigenvalue weighted by Crippen LogP contribution is 2.33. The fourth-order valence-electron chi connectivity index (χ4n) is 1.29. The van der Waals surface area contributed by atoms with Crippen LogP contribution >= 0.6 is 0 Å². The summed E-state index contributed by atoms with van der Waals surface area (Å²) in [6.45, 7) is 0. The first-order valence-corrected chi connectivity index (χ1v) is 4.20. The lowest BCUT2D eigenvalue weighted by atomic mass is 10.1. The molecule has 0 bridgehead atoms. The summed E-state index contributed by atoms with van der Waals surface area (Å²) in [4.78, 5) is 18.8. The normalized spacial score (nSPS) is 11.2. The van der Waals surface area contributed by atoms with E-state index in [0.717, 1.165) is 18.2 Å². The van der Waals surface area contributed by atoms with Crippen molar-refractivity contribution < 1.29 is 23.0 Å². The topological polar surface area (TPSA) is 86.3 Å². The molecule has 0 aliphatic heterocycles. The Labute approximate surface area is 92.0 Å². The highest BCUT2D eigenvalue weighted by Gasteiger charge is 2.36. The molecule has 6 nitrogen and oxygen atoms in total. The molecule has 0 radical (unpaired) electrons. The van der Waals surface area contributed by atoms with Crippen molar-refractivity contribution in [2.45, 2.75) is 12.6 Å². The van der Waals surface area contributed by atoms with Crippen molar-refractivity contribution in [3.05, 3.63) is 44.0 Å². The summed E-state index contributed by atoms with van der Waals surface area (Å²) < 4.78 is 36.5. The van der Waals surface area contributed by atoms with Crippen molar-refractivity contribution in [1.82, 2.24) is 0 Å². The third-order valence-electron chi connectivity index (χ3n) is 1.90. The summed E-state index contributed by atoms with van der Waals surface area (Å²) in [5.74, 6) is 0. The SMILES string of the molecule is O=[N+]([O-])c1cccc([N+](=O)[O-])c1CC(F)(F)F. The average Bonchev–Trinajstić information content (AvgIpc) is 2.14. The summed E-state index contributed by atoms with van der Waals surface area (Å²) in [5.41, 5.74) is -2.75. The minimum Gasteiger partial charge on any atom is -0.258 e. The lowest BCUT2D eigenvalue weighted by Gasteiger charge is -2.07. The fourth-order valence-corrected chi connectivity index (χ4v) is 1.29. The maximum atomic E-state index is 12.2. The van der Waals surface area contributed by atoms with E-state index in [4.69, 9.17) is 0 Å². The summed E-state index contributed by atoms with van der Waals surface area (Å²) in [6, 6.07) is 2.57. The van der Waals surface area contributed by atoms with Crippen molar-refractivity contribution in [3.63, 3.8) is 0 Å². The summed E-state index contributed by atoms with van der Waals surface area (Å²) in [6.07, 6.45) is -6.46. The third-order valence-corrected chi connectivity index (χ3v) is 1.90. The van der Waals surface area contributed by atoms with Crippen LogP contribution in [0.1, 0.15) is 5.56 Å². The summed E-state index contributed by atoms with van der Waals surface area (Å²) in [5, 5.41) is 21.0. The number of nitro benzene ring substituents is 2. The number of hydrogen-bond acceptors (Lipinski definition) is 4. The van der Waals surface area contributed by atoms with Crippen LogP contribution in [0, 0.1) is 20.2 Å². The molecular formula is C8H5F3N2O4. The van der Waals surface area contributed by atoms with Gasteiger partial charge in [0.05, 0.1) is 16.3 Å². The highest BCUT2D eigenvalue weighted by molar-refractivity contribution is 5.53. The van der Waals surface area contributed by atoms with Gasteiger partial charge in [0.1, 0.15) is 5.56 Å². The molecule has 1 aromatic rings. The number of alkyl halides is 3. The van der Waals surface area contributed by atoms with Gasteiger partial charge in [-0.3, -0.25) is 20.2 Å². The molecule has 9 heteroatoms. The largest absolute Gasteiger partial charge is 0.393 e. The van der Waals surface area contributed by atoms with E-state index in [2.05, 4.69) is 0 Å². The molecule has 0 saturated heterocycles. The van der Waals surface area contributed by atoms with E-state index < -0.39 is 39.4 Å². The second-order valence-corrected chi connectivity index (χ2v) is 3.08. The zero-order chi connectivity index (χ0) is 13.2. The lowest BCUT2D eigenvalue weighted by Crippen LogP contribution is -2.14. The van der Waals surface area contributed by atoms with Crippen LogP contribution in [0.2, 0.25) is 0 Å². The first-order valence-electron chi connectivity index (χ1n) is 4.20. The number of hydrogen-bond donors (Lipinski definition) is 0. The van der Waals surface area contributed by atoms with Crippen molar-refractivity contribution in [2.24, 2.45) is 0 Å². The molecule has 0 fully saturated rings. The predicted octanol–water partition coefficient (Wildman–Crippen LogP) is 2.61. The second kappa shape index (κ2) is 4.36. The molecule has 0 atom stereocenters. The van der Waals surface area contributed by atoms with E-state index in [1.54, 1.807) is 0 Å². The van der Waals surface area contributed by atoms with Gasteiger partial charge in [0.25, 0.3) is 11.4 Å². The fraction of sp³-hybridized carbons (Fsp3) is 0.250. The summed E-state index contributed by atoms with van der Waals surface area (Å²) >= 11 is 0. The molecular weight excluding hydrogens is 245 g/mol. The highest BCUT2D eigenvalue weighted by atomic mass is 19.4. The van der Waals surface area contributed by atoms with Crippen LogP contribution in [0.25, 0.3) is 0 Å². The van der Waals surface area contributed by atoms with Crippen LogP contribution in [-0.4, -0.2) is 16.0 Å². The molecule has 0 aliphatic carbocycles. The molecule has 0 saturated carbocycles. The Hall–Kier alpha value is -2.19. The molecule has 0 spiro atoms. The van der Waals surface area contributed by atoms with Gasteiger partial charge in [-0.1, -0.05) is 0 Å². The van der Waals surface area contributed by atoms with Crippen molar-refractivity contribution in [3.8, 4) is 0 Å². The van der Waals surface area contributed by atoms with Gasteiger partial charge in [0.15, 0.2) is 0 Å². The number of nitrogens with zero attached hydrogens (tertiary/aromatic N) is 2. The molecule has 0 heterocycles. The van der Waals surface area contributed by atoms with Crippen LogP contribution in [-0.2, 0) is 6.42 Å². The quantitative estimate of drug-likeness (QED) is 0.609. The van der Waals surface area contributed by atoms with Gasteiger partial charge in [-0.05, 0) is 6.07 Å². The Morgan fingerprint density at radius 2 is 1.47 bits per heavy atom. The minimum absolute atomic E-state index is 0.800. The average molecular weight is 250 g/mol. The van der Waals surface area contributed by atoms with Crippen LogP contribution < -0.4 is 0 Å². The molecule has 1 rings (SSSR count). The number of halogens is 3. The Kier molecular flexibility index (Phi) is 3.30. The van der Waals surface area contributed by atoms with Crippen LogP contribution in [0.3, 0.4) is 0 Å². The monoisotopic (exact) mass is 250 g/mol. The van der Waals surface area contributed by atoms with Crippen molar-refractivity contribution >= 4 is 11.4 Å². The maximum Gasteiger partial charge on any atom is 0.393 e. The number of nitro groups is 2. The van der Waals surface area contributed by atoms with E-state index in [1.807, 2.05) is 0 Å². The van der Waals surface area contributed by atoms with E-state index in [0.29, 0.717) is 0 Å². The Bertz CT molecular complexity index is 440. The van der Waals surface area contributed by atoms with Gasteiger partial charge in [-0.25, -0.2) is 0 Å². The Balaban J connectivity index is 3.39. The van der Waals surface area contributed by atoms with Crippen LogP contribution in [0.15, 0.2) is 18.2 Å². The Morgan fingerprint density at radius 3 is 1.76 bits per heavy atom. The van der Waals surface area contributed by atoms with E-state index in [9.17, 15) is 33.4 Å². The van der Waals surface area contributed by atoms with Crippen molar-refractivity contribution in [2.75, 3.05) is 0 Å². The molecule has 17 heavy (non-hydrogen) atoms. The van der Waals surface area contributed by atoms with Gasteiger partial charge in [0.2, 0.25) is 0 Å². The summed E-state index contributed by atoms with van der Waals surface area (Å²) in [7, 11) is 0.